The van der Waals surface area contributed by atoms with Gasteiger partial charge in [-0.1, -0.05) is 309 Å². The van der Waals surface area contributed by atoms with Crippen LogP contribution in [0.3, 0.4) is 0 Å². The summed E-state index contributed by atoms with van der Waals surface area (Å²) in [5.41, 5.74) is 0. The van der Waals surface area contributed by atoms with Gasteiger partial charge in [0.2, 0.25) is 0 Å². The van der Waals surface area contributed by atoms with Gasteiger partial charge in [-0.2, -0.15) is 0 Å². The molecule has 0 aromatic rings. The number of allylic oxidation sites excluding steroid dienone is 22. The summed E-state index contributed by atoms with van der Waals surface area (Å²) in [6.45, 7) is 6.47. The third-order valence-corrected chi connectivity index (χ3v) is 14.6. The van der Waals surface area contributed by atoms with Gasteiger partial charge >= 0.3 is 17.9 Å². The summed E-state index contributed by atoms with van der Waals surface area (Å²) in [5.74, 6) is -0.940. The molecule has 6 heteroatoms. The van der Waals surface area contributed by atoms with Gasteiger partial charge in [-0.05, 0) is 122 Å². The van der Waals surface area contributed by atoms with Crippen molar-refractivity contribution in [1.29, 1.82) is 0 Å². The highest BCUT2D eigenvalue weighted by Gasteiger charge is 2.19. The van der Waals surface area contributed by atoms with E-state index in [0.717, 1.165) is 122 Å². The summed E-state index contributed by atoms with van der Waals surface area (Å²) in [4.78, 5) is 38.1. The van der Waals surface area contributed by atoms with Crippen LogP contribution in [-0.4, -0.2) is 37.2 Å². The molecule has 0 N–H and O–H groups in total. The standard InChI is InChI=1S/C77H128O6/c1-4-7-10-13-16-18-20-22-24-26-28-30-32-34-35-36-37-38-39-40-41-43-44-46-48-50-52-54-56-58-61-64-67-70-76(79)82-73-74(72-81-75(78)69-66-63-60-15-12-9-6-3)83-77(80)71-68-65-62-59-57-55-53-51-49-47-45-42-33-31-29-27-25-23-21-19-17-14-11-8-5-2/h7,10,16,18,22,24,27-30,34-35,37-38,40-41,44,46,50,52,56,58,74H,4-6,8-9,11-15,17,19-21,23,25-26,31-33,36,39,42-43,45,47-49,51,53-55,57,59-73H2,1-3H3/b10-7-,18-16-,24-22-,29-27-,30-28-,35-34-,38-37-,41-40-,46-44-,52-50-,58-56-. The Kier molecular flexibility index (Phi) is 66.3. The Morgan fingerprint density at radius 3 is 0.771 bits per heavy atom. The molecule has 0 bridgehead atoms. The van der Waals surface area contributed by atoms with Gasteiger partial charge in [-0.15, -0.1) is 0 Å². The molecule has 83 heavy (non-hydrogen) atoms. The summed E-state index contributed by atoms with van der Waals surface area (Å²) in [6.07, 6.45) is 99.3. The van der Waals surface area contributed by atoms with Gasteiger partial charge in [0, 0.05) is 19.3 Å². The quantitative estimate of drug-likeness (QED) is 0.0261. The van der Waals surface area contributed by atoms with Crippen molar-refractivity contribution in [2.24, 2.45) is 0 Å². The zero-order valence-corrected chi connectivity index (χ0v) is 54.2. The first-order valence-corrected chi connectivity index (χ1v) is 34.7. The molecule has 0 rings (SSSR count). The van der Waals surface area contributed by atoms with Crippen molar-refractivity contribution in [3.05, 3.63) is 134 Å². The Bertz CT molecular complexity index is 1750. The van der Waals surface area contributed by atoms with Gasteiger partial charge in [-0.3, -0.25) is 14.4 Å². The van der Waals surface area contributed by atoms with E-state index in [0.29, 0.717) is 19.3 Å². The monoisotopic (exact) mass is 1150 g/mol. The largest absolute Gasteiger partial charge is 0.462 e. The van der Waals surface area contributed by atoms with Crippen LogP contribution in [-0.2, 0) is 28.6 Å². The van der Waals surface area contributed by atoms with Crippen LogP contribution in [0.15, 0.2) is 134 Å². The number of hydrogen-bond donors (Lipinski definition) is 0. The molecule has 0 saturated heterocycles. The number of unbranched alkanes of at least 4 members (excludes halogenated alkanes) is 29. The fraction of sp³-hybridized carbons (Fsp3) is 0.675. The average molecular weight is 1150 g/mol. The molecule has 0 aliphatic carbocycles. The highest BCUT2D eigenvalue weighted by Crippen LogP contribution is 2.16. The molecule has 0 radical (unpaired) electrons. The fourth-order valence-corrected chi connectivity index (χ4v) is 9.47. The maximum Gasteiger partial charge on any atom is 0.306 e. The van der Waals surface area contributed by atoms with Crippen molar-refractivity contribution in [3.63, 3.8) is 0 Å². The van der Waals surface area contributed by atoms with Crippen molar-refractivity contribution < 1.29 is 28.6 Å². The van der Waals surface area contributed by atoms with Gasteiger partial charge in [0.25, 0.3) is 0 Å². The van der Waals surface area contributed by atoms with Gasteiger partial charge in [0.15, 0.2) is 6.10 Å². The summed E-state index contributed by atoms with van der Waals surface area (Å²) in [5, 5.41) is 0. The minimum absolute atomic E-state index is 0.0926. The molecule has 0 fully saturated rings. The van der Waals surface area contributed by atoms with Crippen LogP contribution in [0.4, 0.5) is 0 Å². The molecule has 0 aromatic carbocycles. The smallest absolute Gasteiger partial charge is 0.306 e. The van der Waals surface area contributed by atoms with Gasteiger partial charge < -0.3 is 14.2 Å². The lowest BCUT2D eigenvalue weighted by Gasteiger charge is -2.18. The second kappa shape index (κ2) is 70.0. The minimum Gasteiger partial charge on any atom is -0.462 e. The minimum atomic E-state index is -0.797. The maximum atomic E-state index is 12.9. The highest BCUT2D eigenvalue weighted by molar-refractivity contribution is 5.71. The molecule has 0 saturated carbocycles. The molecule has 0 spiro atoms. The van der Waals surface area contributed by atoms with Crippen LogP contribution >= 0.6 is 0 Å². The molecule has 1 unspecified atom stereocenters. The lowest BCUT2D eigenvalue weighted by atomic mass is 10.0. The normalized spacial score (nSPS) is 13.0. The topological polar surface area (TPSA) is 78.9 Å². The average Bonchev–Trinajstić information content (AvgIpc) is 3.50. The molecule has 0 heterocycles. The molecular formula is C77H128O6. The van der Waals surface area contributed by atoms with Crippen LogP contribution in [0, 0.1) is 0 Å². The van der Waals surface area contributed by atoms with E-state index in [1.165, 1.54) is 154 Å². The van der Waals surface area contributed by atoms with E-state index in [-0.39, 0.29) is 31.1 Å². The predicted molar refractivity (Wildman–Crippen MR) is 362 cm³/mol. The molecule has 0 amide bonds. The van der Waals surface area contributed by atoms with Crippen molar-refractivity contribution >= 4 is 17.9 Å². The molecule has 472 valence electrons. The number of hydrogen-bond acceptors (Lipinski definition) is 6. The zero-order chi connectivity index (χ0) is 59.9. The van der Waals surface area contributed by atoms with E-state index in [9.17, 15) is 14.4 Å². The third kappa shape index (κ3) is 68.2. The Morgan fingerprint density at radius 2 is 0.470 bits per heavy atom. The van der Waals surface area contributed by atoms with Crippen LogP contribution in [0.25, 0.3) is 0 Å². The first-order valence-electron chi connectivity index (χ1n) is 34.7. The molecule has 0 aromatic heterocycles. The van der Waals surface area contributed by atoms with Crippen molar-refractivity contribution in [2.75, 3.05) is 13.2 Å². The van der Waals surface area contributed by atoms with E-state index in [1.807, 2.05) is 0 Å². The summed E-state index contributed by atoms with van der Waals surface area (Å²) < 4.78 is 16.8. The Balaban J connectivity index is 4.21. The van der Waals surface area contributed by atoms with Crippen LogP contribution in [0.1, 0.15) is 316 Å². The molecule has 6 nitrogen and oxygen atoms in total. The molecule has 1 atom stereocenters. The Labute approximate surface area is 513 Å². The lowest BCUT2D eigenvalue weighted by Crippen LogP contribution is -2.30. The van der Waals surface area contributed by atoms with Crippen LogP contribution in [0.5, 0.6) is 0 Å². The fourth-order valence-electron chi connectivity index (χ4n) is 9.47. The van der Waals surface area contributed by atoms with E-state index < -0.39 is 6.10 Å². The number of carbonyl (C=O) groups excluding carboxylic acids is 3. The van der Waals surface area contributed by atoms with Crippen molar-refractivity contribution in [3.8, 4) is 0 Å². The first kappa shape index (κ1) is 78.5. The maximum absolute atomic E-state index is 12.9. The van der Waals surface area contributed by atoms with E-state index in [4.69, 9.17) is 14.2 Å². The van der Waals surface area contributed by atoms with Crippen LogP contribution in [0.2, 0.25) is 0 Å². The van der Waals surface area contributed by atoms with Gasteiger partial charge in [-0.25, -0.2) is 0 Å². The Hall–Kier alpha value is -4.45. The number of ether oxygens (including phenoxy) is 3. The van der Waals surface area contributed by atoms with E-state index >= 15 is 0 Å². The SMILES string of the molecule is CC/C=C\C/C=C\C/C=C\C/C=C\C/C=C\C/C=C\C/C=C\C/C=C\C/C=C\C/C=C\CCCCC(=O)OCC(COC(=O)CCCCCCCCC)OC(=O)CCCCCCCCCCCCCCC/C=C\CCCCCCCCCC. The molecule has 0 aliphatic rings. The summed E-state index contributed by atoms with van der Waals surface area (Å²) in [7, 11) is 0. The number of carbonyl (C=O) groups is 3. The predicted octanol–water partition coefficient (Wildman–Crippen LogP) is 24.1. The first-order chi connectivity index (χ1) is 41.0. The number of rotatable bonds is 62. The number of esters is 3. The van der Waals surface area contributed by atoms with Crippen LogP contribution < -0.4 is 0 Å². The lowest BCUT2D eigenvalue weighted by molar-refractivity contribution is -0.167. The third-order valence-electron chi connectivity index (χ3n) is 14.6. The summed E-state index contributed by atoms with van der Waals surface area (Å²) in [6, 6.07) is 0. The highest BCUT2D eigenvalue weighted by atomic mass is 16.6. The summed E-state index contributed by atoms with van der Waals surface area (Å²) >= 11 is 0. The van der Waals surface area contributed by atoms with Crippen molar-refractivity contribution in [2.45, 2.75) is 322 Å². The Morgan fingerprint density at radius 1 is 0.253 bits per heavy atom. The second-order valence-corrected chi connectivity index (χ2v) is 22.7. The van der Waals surface area contributed by atoms with Crippen molar-refractivity contribution in [1.82, 2.24) is 0 Å². The van der Waals surface area contributed by atoms with Gasteiger partial charge in [0.05, 0.1) is 0 Å². The zero-order valence-electron chi connectivity index (χ0n) is 54.2. The second-order valence-electron chi connectivity index (χ2n) is 22.7. The van der Waals surface area contributed by atoms with E-state index in [2.05, 4.69) is 154 Å². The molecular weight excluding hydrogens is 1020 g/mol. The van der Waals surface area contributed by atoms with Gasteiger partial charge in [0.1, 0.15) is 13.2 Å². The van der Waals surface area contributed by atoms with E-state index in [1.54, 1.807) is 0 Å². The molecule has 0 aliphatic heterocycles.